The van der Waals surface area contributed by atoms with Gasteiger partial charge in [-0.1, -0.05) is 66.7 Å². The maximum absolute atomic E-state index is 12.5. The molecule has 1 saturated heterocycles. The van der Waals surface area contributed by atoms with Crippen molar-refractivity contribution in [3.63, 3.8) is 0 Å². The number of amides is 1. The van der Waals surface area contributed by atoms with Gasteiger partial charge in [0.2, 0.25) is 0 Å². The summed E-state index contributed by atoms with van der Waals surface area (Å²) in [6.07, 6.45) is 2.03. The van der Waals surface area contributed by atoms with Crippen LogP contribution in [0, 0.1) is 0 Å². The van der Waals surface area contributed by atoms with Crippen molar-refractivity contribution in [2.45, 2.75) is 6.54 Å². The first-order chi connectivity index (χ1) is 14.8. The number of hydrogen-bond donors (Lipinski definition) is 1. The summed E-state index contributed by atoms with van der Waals surface area (Å²) in [4.78, 5) is 17.5. The van der Waals surface area contributed by atoms with E-state index in [2.05, 4.69) is 63.6 Å². The SMILES string of the molecule is O=C1Nc2ccccc2/C1=C\c1ccccc1N1CCN(Cc2ccccc2)CC1. The standard InChI is InChI=1S/C26H25N3O/c30-26-23(22-11-5-6-12-24(22)27-26)18-21-10-4-7-13-25(21)29-16-14-28(15-17-29)19-20-8-2-1-3-9-20/h1-13,18H,14-17,19H2,(H,27,30)/b23-18+. The van der Waals surface area contributed by atoms with Crippen LogP contribution in [-0.2, 0) is 11.3 Å². The van der Waals surface area contributed by atoms with E-state index >= 15 is 0 Å². The number of nitrogens with zero attached hydrogens (tertiary/aromatic N) is 2. The van der Waals surface area contributed by atoms with Gasteiger partial charge in [0.15, 0.2) is 0 Å². The molecule has 0 aromatic heterocycles. The van der Waals surface area contributed by atoms with Gasteiger partial charge in [-0.3, -0.25) is 9.69 Å². The first-order valence-corrected chi connectivity index (χ1v) is 10.5. The molecule has 0 atom stereocenters. The molecule has 2 heterocycles. The van der Waals surface area contributed by atoms with E-state index in [1.807, 2.05) is 36.4 Å². The van der Waals surface area contributed by atoms with Gasteiger partial charge in [-0.25, -0.2) is 0 Å². The van der Waals surface area contributed by atoms with Crippen LogP contribution in [-0.4, -0.2) is 37.0 Å². The molecular weight excluding hydrogens is 370 g/mol. The van der Waals surface area contributed by atoms with Gasteiger partial charge in [-0.05, 0) is 29.3 Å². The molecule has 5 rings (SSSR count). The van der Waals surface area contributed by atoms with E-state index in [0.29, 0.717) is 0 Å². The van der Waals surface area contributed by atoms with Gasteiger partial charge in [0.25, 0.3) is 5.91 Å². The summed E-state index contributed by atoms with van der Waals surface area (Å²) in [6.45, 7) is 5.02. The van der Waals surface area contributed by atoms with E-state index in [9.17, 15) is 4.79 Å². The summed E-state index contributed by atoms with van der Waals surface area (Å²) in [5.41, 5.74) is 6.26. The minimum atomic E-state index is -0.0290. The third-order valence-electron chi connectivity index (χ3n) is 5.91. The van der Waals surface area contributed by atoms with Crippen LogP contribution in [0.5, 0.6) is 0 Å². The zero-order chi connectivity index (χ0) is 20.3. The first-order valence-electron chi connectivity index (χ1n) is 10.5. The van der Waals surface area contributed by atoms with Crippen LogP contribution in [0.25, 0.3) is 11.6 Å². The quantitative estimate of drug-likeness (QED) is 0.661. The van der Waals surface area contributed by atoms with E-state index in [4.69, 9.17) is 0 Å². The monoisotopic (exact) mass is 395 g/mol. The molecule has 0 unspecified atom stereocenters. The second kappa shape index (κ2) is 8.17. The minimum absolute atomic E-state index is 0.0290. The van der Waals surface area contributed by atoms with Crippen LogP contribution < -0.4 is 10.2 Å². The fraction of sp³-hybridized carbons (Fsp3) is 0.192. The number of rotatable bonds is 4. The lowest BCUT2D eigenvalue weighted by atomic mass is 10.0. The predicted octanol–water partition coefficient (Wildman–Crippen LogP) is 4.50. The van der Waals surface area contributed by atoms with E-state index in [0.717, 1.165) is 55.1 Å². The average Bonchev–Trinajstić information content (AvgIpc) is 3.11. The largest absolute Gasteiger partial charge is 0.368 e. The lowest BCUT2D eigenvalue weighted by molar-refractivity contribution is -0.110. The fourth-order valence-electron chi connectivity index (χ4n) is 4.32. The van der Waals surface area contributed by atoms with Crippen LogP contribution >= 0.6 is 0 Å². The van der Waals surface area contributed by atoms with Gasteiger partial charge in [-0.2, -0.15) is 0 Å². The van der Waals surface area contributed by atoms with Crippen molar-refractivity contribution in [1.82, 2.24) is 4.90 Å². The van der Waals surface area contributed by atoms with Crippen molar-refractivity contribution in [3.8, 4) is 0 Å². The highest BCUT2D eigenvalue weighted by Crippen LogP contribution is 2.34. The second-order valence-electron chi connectivity index (χ2n) is 7.87. The Morgan fingerprint density at radius 2 is 1.50 bits per heavy atom. The van der Waals surface area contributed by atoms with E-state index in [1.165, 1.54) is 11.3 Å². The van der Waals surface area contributed by atoms with Crippen molar-refractivity contribution in [3.05, 3.63) is 95.6 Å². The number of carbonyl (C=O) groups excluding carboxylic acids is 1. The minimum Gasteiger partial charge on any atom is -0.368 e. The summed E-state index contributed by atoms with van der Waals surface area (Å²) in [5, 5.41) is 2.97. The van der Waals surface area contributed by atoms with E-state index in [1.54, 1.807) is 0 Å². The molecule has 0 radical (unpaired) electrons. The number of nitrogens with one attached hydrogen (secondary N) is 1. The second-order valence-corrected chi connectivity index (χ2v) is 7.87. The molecule has 0 bridgehead atoms. The van der Waals surface area contributed by atoms with E-state index < -0.39 is 0 Å². The molecule has 3 aromatic rings. The number of fused-ring (bicyclic) bond motifs is 1. The van der Waals surface area contributed by atoms with Gasteiger partial charge in [0.1, 0.15) is 0 Å². The van der Waals surface area contributed by atoms with Crippen molar-refractivity contribution in [2.75, 3.05) is 36.4 Å². The molecule has 1 N–H and O–H groups in total. The van der Waals surface area contributed by atoms with Crippen LogP contribution in [0.2, 0.25) is 0 Å². The number of carbonyl (C=O) groups is 1. The zero-order valence-corrected chi connectivity index (χ0v) is 16.9. The third kappa shape index (κ3) is 3.74. The number of anilines is 2. The number of benzene rings is 3. The van der Waals surface area contributed by atoms with Gasteiger partial charge in [0, 0.05) is 55.2 Å². The molecule has 4 heteroatoms. The fourth-order valence-corrected chi connectivity index (χ4v) is 4.32. The Labute approximate surface area is 177 Å². The Kier molecular flexibility index (Phi) is 5.08. The summed E-state index contributed by atoms with van der Waals surface area (Å²) in [6, 6.07) is 26.9. The Morgan fingerprint density at radius 3 is 2.33 bits per heavy atom. The molecule has 0 saturated carbocycles. The molecule has 30 heavy (non-hydrogen) atoms. The highest BCUT2D eigenvalue weighted by atomic mass is 16.2. The molecule has 1 amide bonds. The zero-order valence-electron chi connectivity index (χ0n) is 16.9. The normalized spacial score (nSPS) is 17.8. The highest BCUT2D eigenvalue weighted by molar-refractivity contribution is 6.35. The molecule has 0 spiro atoms. The summed E-state index contributed by atoms with van der Waals surface area (Å²) < 4.78 is 0. The number of piperazine rings is 1. The van der Waals surface area contributed by atoms with Crippen LogP contribution in [0.4, 0.5) is 11.4 Å². The van der Waals surface area contributed by atoms with Crippen LogP contribution in [0.15, 0.2) is 78.9 Å². The molecule has 150 valence electrons. The van der Waals surface area contributed by atoms with Crippen LogP contribution in [0.3, 0.4) is 0 Å². The molecule has 0 aliphatic carbocycles. The maximum Gasteiger partial charge on any atom is 0.256 e. The van der Waals surface area contributed by atoms with Crippen molar-refractivity contribution in [2.24, 2.45) is 0 Å². The molecular formula is C26H25N3O. The highest BCUT2D eigenvalue weighted by Gasteiger charge is 2.24. The van der Waals surface area contributed by atoms with Crippen LogP contribution in [0.1, 0.15) is 16.7 Å². The number of hydrogen-bond acceptors (Lipinski definition) is 3. The first kappa shape index (κ1) is 18.6. The Bertz CT molecular complexity index is 1080. The lowest BCUT2D eigenvalue weighted by Gasteiger charge is -2.36. The van der Waals surface area contributed by atoms with Gasteiger partial charge >= 0.3 is 0 Å². The predicted molar refractivity (Wildman–Crippen MR) is 123 cm³/mol. The molecule has 2 aliphatic rings. The summed E-state index contributed by atoms with van der Waals surface area (Å²) >= 11 is 0. The summed E-state index contributed by atoms with van der Waals surface area (Å²) in [5.74, 6) is -0.0290. The smallest absolute Gasteiger partial charge is 0.256 e. The molecule has 2 aliphatic heterocycles. The Morgan fingerprint density at radius 1 is 0.800 bits per heavy atom. The lowest BCUT2D eigenvalue weighted by Crippen LogP contribution is -2.46. The third-order valence-corrected chi connectivity index (χ3v) is 5.91. The van der Waals surface area contributed by atoms with Crippen molar-refractivity contribution in [1.29, 1.82) is 0 Å². The maximum atomic E-state index is 12.5. The average molecular weight is 396 g/mol. The van der Waals surface area contributed by atoms with Gasteiger partial charge < -0.3 is 10.2 Å². The van der Waals surface area contributed by atoms with Crippen molar-refractivity contribution < 1.29 is 4.79 Å². The van der Waals surface area contributed by atoms with Crippen molar-refractivity contribution >= 4 is 28.9 Å². The molecule has 4 nitrogen and oxygen atoms in total. The molecule has 3 aromatic carbocycles. The summed E-state index contributed by atoms with van der Waals surface area (Å²) in [7, 11) is 0. The Balaban J connectivity index is 1.35. The Hall–Kier alpha value is -3.37. The number of para-hydroxylation sites is 2. The molecule has 1 fully saturated rings. The topological polar surface area (TPSA) is 35.6 Å². The van der Waals surface area contributed by atoms with E-state index in [-0.39, 0.29) is 5.91 Å². The van der Waals surface area contributed by atoms with Gasteiger partial charge in [-0.15, -0.1) is 0 Å². The van der Waals surface area contributed by atoms with Gasteiger partial charge in [0.05, 0.1) is 0 Å².